The summed E-state index contributed by atoms with van der Waals surface area (Å²) in [5.74, 6) is -1.37. The molecule has 2 saturated heterocycles. The summed E-state index contributed by atoms with van der Waals surface area (Å²) < 4.78 is 30.7. The number of hydrogen-bond donors (Lipinski definition) is 2. The van der Waals surface area contributed by atoms with E-state index in [0.717, 1.165) is 17.3 Å². The van der Waals surface area contributed by atoms with Crippen molar-refractivity contribution in [1.29, 1.82) is 0 Å². The Hall–Kier alpha value is -1.94. The molecule has 2 fully saturated rings. The maximum absolute atomic E-state index is 13.0. The minimum Gasteiger partial charge on any atom is -0.548 e. The number of amides is 2. The van der Waals surface area contributed by atoms with Crippen molar-refractivity contribution in [2.75, 3.05) is 49.1 Å². The summed E-state index contributed by atoms with van der Waals surface area (Å²) in [6.07, 6.45) is 4.77. The number of carboxylic acids is 1. The van der Waals surface area contributed by atoms with Crippen molar-refractivity contribution in [2.45, 2.75) is 32.2 Å². The molecule has 0 bridgehead atoms. The monoisotopic (exact) mass is 632 g/mol. The molecule has 1 atom stereocenters. The second-order valence-corrected chi connectivity index (χ2v) is 12.5. The van der Waals surface area contributed by atoms with Crippen molar-refractivity contribution < 1.29 is 62.0 Å². The molecular weight excluding hydrogens is 599 g/mol. The molecule has 0 saturated carbocycles. The minimum atomic E-state index is -3.96. The second-order valence-electron chi connectivity index (χ2n) is 9.36. The Labute approximate surface area is 272 Å². The zero-order valence-corrected chi connectivity index (χ0v) is 27.6. The summed E-state index contributed by atoms with van der Waals surface area (Å²) in [6, 6.07) is 8.06. The van der Waals surface area contributed by atoms with Gasteiger partial charge in [0.15, 0.2) is 0 Å². The number of benzene rings is 1. The molecule has 15 heteroatoms. The molecule has 1 unspecified atom stereocenters. The van der Waals surface area contributed by atoms with Crippen LogP contribution in [-0.2, 0) is 24.5 Å². The van der Waals surface area contributed by atoms with Crippen LogP contribution in [0.25, 0.3) is 0 Å². The first-order valence-electron chi connectivity index (χ1n) is 12.8. The molecule has 2 heterocycles. The Morgan fingerprint density at radius 1 is 1.24 bits per heavy atom. The zero-order valence-electron chi connectivity index (χ0n) is 23.2. The largest absolute Gasteiger partial charge is 1.00 e. The van der Waals surface area contributed by atoms with E-state index < -0.39 is 28.0 Å². The number of nitrogens with zero attached hydrogens (tertiary/aromatic N) is 3. The Bertz CT molecular complexity index is 1270. The summed E-state index contributed by atoms with van der Waals surface area (Å²) in [4.78, 5) is 42.4. The summed E-state index contributed by atoms with van der Waals surface area (Å²) >= 11 is 7.00. The third-order valence-corrected chi connectivity index (χ3v) is 8.71. The molecule has 0 aliphatic carbocycles. The van der Waals surface area contributed by atoms with Crippen LogP contribution < -0.4 is 44.9 Å². The molecule has 11 nitrogen and oxygen atoms in total. The van der Waals surface area contributed by atoms with Gasteiger partial charge in [0.1, 0.15) is 6.54 Å². The van der Waals surface area contributed by atoms with Crippen molar-refractivity contribution in [2.24, 2.45) is 0 Å². The summed E-state index contributed by atoms with van der Waals surface area (Å²) in [5.41, 5.74) is 1.16. The fourth-order valence-electron chi connectivity index (χ4n) is 4.32. The van der Waals surface area contributed by atoms with E-state index in [9.17, 15) is 27.9 Å². The number of carbonyl (C=O) groups is 3. The molecule has 1 aromatic rings. The molecule has 41 heavy (non-hydrogen) atoms. The SMILES string of the molecule is CC(C(=O)[O-])N(CCNC(=O)CN1C(=O)/C(=C\C=C2\SCCN2CCCCS(=O)(=O)O)CC1=S)c1ccccc1.[Na+]. The Kier molecular flexibility index (Phi) is 14.3. The average molecular weight is 633 g/mol. The van der Waals surface area contributed by atoms with Crippen LogP contribution in [0.3, 0.4) is 0 Å². The molecule has 0 spiro atoms. The summed E-state index contributed by atoms with van der Waals surface area (Å²) in [6.45, 7) is 3.11. The van der Waals surface area contributed by atoms with Gasteiger partial charge in [0.2, 0.25) is 5.91 Å². The molecule has 218 valence electrons. The van der Waals surface area contributed by atoms with Crippen molar-refractivity contribution >= 4 is 62.6 Å². The Morgan fingerprint density at radius 2 is 1.95 bits per heavy atom. The number of allylic oxidation sites excluding steroid dienone is 2. The van der Waals surface area contributed by atoms with Crippen molar-refractivity contribution in [3.8, 4) is 0 Å². The van der Waals surface area contributed by atoms with Gasteiger partial charge in [-0.15, -0.1) is 11.8 Å². The van der Waals surface area contributed by atoms with E-state index in [-0.39, 0.29) is 67.3 Å². The van der Waals surface area contributed by atoms with Crippen LogP contribution in [0.1, 0.15) is 26.2 Å². The third kappa shape index (κ3) is 11.0. The van der Waals surface area contributed by atoms with E-state index in [1.165, 1.54) is 11.8 Å². The fraction of sp³-hybridized carbons (Fsp3) is 0.462. The molecule has 3 rings (SSSR count). The first kappa shape index (κ1) is 35.3. The predicted molar refractivity (Wildman–Crippen MR) is 156 cm³/mol. The van der Waals surface area contributed by atoms with Gasteiger partial charge in [-0.3, -0.25) is 19.0 Å². The number of likely N-dealkylation sites (tertiary alicyclic amines) is 1. The van der Waals surface area contributed by atoms with E-state index in [1.54, 1.807) is 47.0 Å². The number of aliphatic carboxylic acids is 1. The van der Waals surface area contributed by atoms with Crippen LogP contribution in [0.4, 0.5) is 5.69 Å². The van der Waals surface area contributed by atoms with Gasteiger partial charge in [0.05, 0.1) is 27.8 Å². The van der Waals surface area contributed by atoms with Crippen LogP contribution in [0, 0.1) is 0 Å². The smallest absolute Gasteiger partial charge is 0.548 e. The number of unbranched alkanes of at least 4 members (excludes halogenated alkanes) is 1. The molecule has 2 aliphatic rings. The van der Waals surface area contributed by atoms with E-state index in [4.69, 9.17) is 16.8 Å². The van der Waals surface area contributed by atoms with Gasteiger partial charge < -0.3 is 25.0 Å². The average Bonchev–Trinajstić information content (AvgIpc) is 3.46. The van der Waals surface area contributed by atoms with Crippen LogP contribution >= 0.6 is 24.0 Å². The van der Waals surface area contributed by atoms with E-state index in [0.29, 0.717) is 35.6 Å². The number of anilines is 1. The number of nitrogens with one attached hydrogen (secondary N) is 1. The van der Waals surface area contributed by atoms with E-state index >= 15 is 0 Å². The van der Waals surface area contributed by atoms with Crippen molar-refractivity contribution in [1.82, 2.24) is 15.1 Å². The maximum Gasteiger partial charge on any atom is 1.00 e. The van der Waals surface area contributed by atoms with Gasteiger partial charge in [0, 0.05) is 49.6 Å². The first-order valence-corrected chi connectivity index (χ1v) is 15.8. The Morgan fingerprint density at radius 3 is 2.61 bits per heavy atom. The number of hydrogen-bond acceptors (Lipinski definition) is 10. The fourth-order valence-corrected chi connectivity index (χ4v) is 6.24. The van der Waals surface area contributed by atoms with Crippen molar-refractivity contribution in [3.05, 3.63) is 53.1 Å². The van der Waals surface area contributed by atoms with Crippen LogP contribution in [-0.4, -0.2) is 95.8 Å². The van der Waals surface area contributed by atoms with E-state index in [2.05, 4.69) is 10.2 Å². The predicted octanol–water partition coefficient (Wildman–Crippen LogP) is -2.20. The van der Waals surface area contributed by atoms with Gasteiger partial charge >= 0.3 is 29.6 Å². The number of carboxylic acid groups (broad SMARTS) is 1. The summed E-state index contributed by atoms with van der Waals surface area (Å²) in [5, 5.41) is 15.1. The molecule has 0 radical (unpaired) electrons. The number of carbonyl (C=O) groups excluding carboxylic acids is 3. The Balaban J connectivity index is 0.00000588. The second kappa shape index (κ2) is 16.6. The van der Waals surface area contributed by atoms with Gasteiger partial charge in [0.25, 0.3) is 16.0 Å². The van der Waals surface area contributed by atoms with Gasteiger partial charge in [-0.05, 0) is 38.0 Å². The van der Waals surface area contributed by atoms with Crippen LogP contribution in [0.5, 0.6) is 0 Å². The van der Waals surface area contributed by atoms with Gasteiger partial charge in [-0.25, -0.2) is 0 Å². The van der Waals surface area contributed by atoms with Crippen LogP contribution in [0.2, 0.25) is 0 Å². The first-order chi connectivity index (χ1) is 19.0. The number of thioether (sulfide) groups is 1. The minimum absolute atomic E-state index is 0. The normalized spacial score (nSPS) is 18.1. The number of thiocarbonyl (C=S) groups is 1. The molecule has 1 aromatic carbocycles. The van der Waals surface area contributed by atoms with Crippen molar-refractivity contribution in [3.63, 3.8) is 0 Å². The molecule has 0 aromatic heterocycles. The maximum atomic E-state index is 13.0. The van der Waals surface area contributed by atoms with Crippen LogP contribution in [0.15, 0.2) is 53.1 Å². The quantitative estimate of drug-likeness (QED) is 0.0756. The zero-order chi connectivity index (χ0) is 29.3. The molecule has 2 amide bonds. The third-order valence-electron chi connectivity index (χ3n) is 6.47. The topological polar surface area (TPSA) is 150 Å². The standard InChI is InChI=1S/C26H34N4O7S3.Na/c1-19(26(33)34)29(21-7-3-2-4-8-21)13-11-27-22(31)18-30-23(38)17-20(25(30)32)9-10-24-28(14-15-39-24)12-5-6-16-40(35,36)37;/h2-4,7-10,19H,5-6,11-18H2,1H3,(H,27,31)(H,33,34)(H,35,36,37);/q;+1/p-1/b20-9-,24-10+;. The molecule has 2 N–H and O–H groups in total. The van der Waals surface area contributed by atoms with E-state index in [1.807, 2.05) is 12.1 Å². The summed E-state index contributed by atoms with van der Waals surface area (Å²) in [7, 11) is -3.96. The van der Waals surface area contributed by atoms with Gasteiger partial charge in [-0.1, -0.05) is 36.5 Å². The number of para-hydroxylation sites is 1. The number of rotatable bonds is 14. The molecular formula is C26H33N4NaO7S3. The molecule has 2 aliphatic heterocycles. The van der Waals surface area contributed by atoms with Gasteiger partial charge in [-0.2, -0.15) is 8.42 Å².